The molecule has 1 aliphatic carbocycles. The van der Waals surface area contributed by atoms with Crippen LogP contribution >= 0.6 is 0 Å². The van der Waals surface area contributed by atoms with Crippen molar-refractivity contribution in [2.45, 2.75) is 64.7 Å². The molecule has 0 bridgehead atoms. The molecule has 0 aromatic carbocycles. The molecule has 2 nitrogen and oxygen atoms in total. The number of hydrogen-bond donors (Lipinski definition) is 1. The fraction of sp³-hybridized carbons (Fsp3) is 1.00. The maximum atomic E-state index is 12.6. The standard InChI is InChI=1S/C14H27F3N2/c1-5-8-18-11-6-7-13(2,3)9-12(11)19(4)10-14(15,16)17/h11-12,18H,5-10H2,1-4H3. The fourth-order valence-corrected chi connectivity index (χ4v) is 2.98. The van der Waals surface area contributed by atoms with Crippen LogP contribution in [0.5, 0.6) is 0 Å². The minimum absolute atomic E-state index is 0.0306. The number of hydrogen-bond acceptors (Lipinski definition) is 2. The first-order chi connectivity index (χ1) is 8.64. The van der Waals surface area contributed by atoms with Crippen molar-refractivity contribution in [1.82, 2.24) is 10.2 Å². The number of rotatable bonds is 5. The predicted molar refractivity (Wildman–Crippen MR) is 72.2 cm³/mol. The van der Waals surface area contributed by atoms with Gasteiger partial charge in [0.05, 0.1) is 6.54 Å². The summed E-state index contributed by atoms with van der Waals surface area (Å²) in [5.74, 6) is 0. The number of likely N-dealkylation sites (N-methyl/N-ethyl adjacent to an activating group) is 1. The highest BCUT2D eigenvalue weighted by atomic mass is 19.4. The summed E-state index contributed by atoms with van der Waals surface area (Å²) in [4.78, 5) is 1.48. The zero-order valence-electron chi connectivity index (χ0n) is 12.5. The van der Waals surface area contributed by atoms with Gasteiger partial charge in [0.25, 0.3) is 0 Å². The molecule has 1 aliphatic rings. The molecule has 1 saturated carbocycles. The Hall–Kier alpha value is -0.290. The van der Waals surface area contributed by atoms with Crippen LogP contribution in [-0.4, -0.2) is 43.3 Å². The van der Waals surface area contributed by atoms with Gasteiger partial charge in [-0.25, -0.2) is 0 Å². The van der Waals surface area contributed by atoms with Crippen LogP contribution in [0.2, 0.25) is 0 Å². The highest BCUT2D eigenvalue weighted by Crippen LogP contribution is 2.37. The Morgan fingerprint density at radius 1 is 1.32 bits per heavy atom. The van der Waals surface area contributed by atoms with Gasteiger partial charge >= 0.3 is 6.18 Å². The van der Waals surface area contributed by atoms with Crippen LogP contribution in [0.4, 0.5) is 13.2 Å². The summed E-state index contributed by atoms with van der Waals surface area (Å²) >= 11 is 0. The quantitative estimate of drug-likeness (QED) is 0.830. The van der Waals surface area contributed by atoms with Gasteiger partial charge in [0.15, 0.2) is 0 Å². The smallest absolute Gasteiger partial charge is 0.312 e. The zero-order valence-corrected chi connectivity index (χ0v) is 12.5. The van der Waals surface area contributed by atoms with Crippen LogP contribution in [0.25, 0.3) is 0 Å². The normalized spacial score (nSPS) is 27.8. The van der Waals surface area contributed by atoms with E-state index in [2.05, 4.69) is 26.1 Å². The first-order valence-corrected chi connectivity index (χ1v) is 7.15. The fourth-order valence-electron chi connectivity index (χ4n) is 2.98. The average molecular weight is 280 g/mol. The molecule has 0 aliphatic heterocycles. The van der Waals surface area contributed by atoms with Gasteiger partial charge in [-0.2, -0.15) is 13.2 Å². The zero-order chi connectivity index (χ0) is 14.7. The molecule has 1 rings (SSSR count). The van der Waals surface area contributed by atoms with Crippen molar-refractivity contribution in [1.29, 1.82) is 0 Å². The molecule has 114 valence electrons. The second-order valence-electron chi connectivity index (χ2n) is 6.57. The molecule has 2 unspecified atom stereocenters. The second kappa shape index (κ2) is 6.44. The van der Waals surface area contributed by atoms with Crippen molar-refractivity contribution in [2.24, 2.45) is 5.41 Å². The van der Waals surface area contributed by atoms with Crippen LogP contribution < -0.4 is 5.32 Å². The molecule has 0 radical (unpaired) electrons. The number of nitrogens with one attached hydrogen (secondary N) is 1. The monoisotopic (exact) mass is 280 g/mol. The highest BCUT2D eigenvalue weighted by Gasteiger charge is 2.40. The van der Waals surface area contributed by atoms with E-state index in [4.69, 9.17) is 0 Å². The van der Waals surface area contributed by atoms with E-state index in [9.17, 15) is 13.2 Å². The highest BCUT2D eigenvalue weighted by molar-refractivity contribution is 4.94. The lowest BCUT2D eigenvalue weighted by Gasteiger charge is -2.45. The Morgan fingerprint density at radius 2 is 1.95 bits per heavy atom. The van der Waals surface area contributed by atoms with Crippen LogP contribution in [0.15, 0.2) is 0 Å². The Kier molecular flexibility index (Phi) is 5.68. The van der Waals surface area contributed by atoms with Gasteiger partial charge in [-0.05, 0) is 44.7 Å². The molecule has 5 heteroatoms. The van der Waals surface area contributed by atoms with E-state index >= 15 is 0 Å². The van der Waals surface area contributed by atoms with Gasteiger partial charge in [-0.3, -0.25) is 4.90 Å². The van der Waals surface area contributed by atoms with E-state index < -0.39 is 12.7 Å². The van der Waals surface area contributed by atoms with Gasteiger partial charge in [0, 0.05) is 12.1 Å². The number of halogens is 3. The molecule has 0 aromatic heterocycles. The Labute approximate surface area is 114 Å². The Balaban J connectivity index is 2.70. The SMILES string of the molecule is CCCNC1CCC(C)(C)CC1N(C)CC(F)(F)F. The van der Waals surface area contributed by atoms with Gasteiger partial charge in [0.2, 0.25) is 0 Å². The topological polar surface area (TPSA) is 15.3 Å². The summed E-state index contributed by atoms with van der Waals surface area (Å²) in [7, 11) is 1.60. The molecule has 1 fully saturated rings. The van der Waals surface area contributed by atoms with Crippen LogP contribution in [0.1, 0.15) is 46.5 Å². The first kappa shape index (κ1) is 16.8. The Morgan fingerprint density at radius 3 is 2.47 bits per heavy atom. The third-order valence-corrected chi connectivity index (χ3v) is 4.01. The van der Waals surface area contributed by atoms with E-state index in [1.807, 2.05) is 0 Å². The largest absolute Gasteiger partial charge is 0.401 e. The minimum atomic E-state index is -4.12. The van der Waals surface area contributed by atoms with Gasteiger partial charge in [0.1, 0.15) is 0 Å². The van der Waals surface area contributed by atoms with E-state index in [1.54, 1.807) is 7.05 Å². The second-order valence-corrected chi connectivity index (χ2v) is 6.57. The van der Waals surface area contributed by atoms with E-state index in [0.717, 1.165) is 32.2 Å². The Bertz CT molecular complexity index is 276. The van der Waals surface area contributed by atoms with Gasteiger partial charge < -0.3 is 5.32 Å². The lowest BCUT2D eigenvalue weighted by Crippen LogP contribution is -2.55. The van der Waals surface area contributed by atoms with Crippen LogP contribution in [0, 0.1) is 5.41 Å². The van der Waals surface area contributed by atoms with Crippen molar-refractivity contribution >= 4 is 0 Å². The van der Waals surface area contributed by atoms with Crippen molar-refractivity contribution in [3.63, 3.8) is 0 Å². The van der Waals surface area contributed by atoms with E-state index in [1.165, 1.54) is 4.90 Å². The summed E-state index contributed by atoms with van der Waals surface area (Å²) in [6.45, 7) is 6.43. The maximum Gasteiger partial charge on any atom is 0.401 e. The third-order valence-electron chi connectivity index (χ3n) is 4.01. The molecule has 1 N–H and O–H groups in total. The van der Waals surface area contributed by atoms with Crippen molar-refractivity contribution < 1.29 is 13.2 Å². The van der Waals surface area contributed by atoms with Gasteiger partial charge in [-0.15, -0.1) is 0 Å². The minimum Gasteiger partial charge on any atom is -0.312 e. The molecule has 0 heterocycles. The van der Waals surface area contributed by atoms with E-state index in [0.29, 0.717) is 0 Å². The summed E-state index contributed by atoms with van der Waals surface area (Å²) in [6.07, 6.45) is -0.257. The molecule has 0 amide bonds. The van der Waals surface area contributed by atoms with Crippen LogP contribution in [-0.2, 0) is 0 Å². The number of nitrogens with zero attached hydrogens (tertiary/aromatic N) is 1. The summed E-state index contributed by atoms with van der Waals surface area (Å²) in [6, 6.07) is 0.150. The molecule has 19 heavy (non-hydrogen) atoms. The lowest BCUT2D eigenvalue weighted by atomic mass is 9.72. The van der Waals surface area contributed by atoms with Gasteiger partial charge in [-0.1, -0.05) is 20.8 Å². The van der Waals surface area contributed by atoms with Crippen LogP contribution in [0.3, 0.4) is 0 Å². The van der Waals surface area contributed by atoms with Crippen molar-refractivity contribution in [3.05, 3.63) is 0 Å². The molecular formula is C14H27F3N2. The summed E-state index contributed by atoms with van der Waals surface area (Å²) in [5.41, 5.74) is 0.134. The maximum absolute atomic E-state index is 12.6. The molecule has 0 spiro atoms. The van der Waals surface area contributed by atoms with Crippen molar-refractivity contribution in [3.8, 4) is 0 Å². The predicted octanol–water partition coefficient (Wildman–Crippen LogP) is 3.43. The molecule has 2 atom stereocenters. The van der Waals surface area contributed by atoms with E-state index in [-0.39, 0.29) is 17.5 Å². The summed E-state index contributed by atoms with van der Waals surface area (Å²) < 4.78 is 37.7. The molecular weight excluding hydrogens is 253 g/mol. The molecule has 0 aromatic rings. The lowest BCUT2D eigenvalue weighted by molar-refractivity contribution is -0.151. The molecule has 0 saturated heterocycles. The number of alkyl halides is 3. The average Bonchev–Trinajstić information content (AvgIpc) is 2.24. The first-order valence-electron chi connectivity index (χ1n) is 7.15. The summed E-state index contributed by atoms with van der Waals surface area (Å²) in [5, 5.41) is 3.42. The third kappa shape index (κ3) is 5.69. The van der Waals surface area contributed by atoms with Crippen molar-refractivity contribution in [2.75, 3.05) is 20.1 Å².